The van der Waals surface area contributed by atoms with Crippen LogP contribution >= 0.6 is 0 Å². The van der Waals surface area contributed by atoms with Gasteiger partial charge in [-0.1, -0.05) is 48.5 Å². The maximum Gasteiger partial charge on any atom is 0.315 e. The van der Waals surface area contributed by atoms with Crippen LogP contribution in [0.5, 0.6) is 0 Å². The van der Waals surface area contributed by atoms with E-state index in [1.54, 1.807) is 0 Å². The Balaban J connectivity index is 1.33. The van der Waals surface area contributed by atoms with E-state index in [1.807, 2.05) is 6.92 Å². The molecular weight excluding hydrogens is 350 g/mol. The summed E-state index contributed by atoms with van der Waals surface area (Å²) >= 11 is 0. The van der Waals surface area contributed by atoms with Gasteiger partial charge in [0.05, 0.1) is 6.04 Å². The molecular formula is C22H23N5O. The third kappa shape index (κ3) is 2.76. The first-order chi connectivity index (χ1) is 13.7. The largest absolute Gasteiger partial charge is 0.338 e. The Labute approximate surface area is 163 Å². The molecule has 2 bridgehead atoms. The van der Waals surface area contributed by atoms with E-state index < -0.39 is 0 Å². The minimum absolute atomic E-state index is 0.174. The molecule has 28 heavy (non-hydrogen) atoms. The van der Waals surface area contributed by atoms with Gasteiger partial charge < -0.3 is 10.6 Å². The Bertz CT molecular complexity index is 952. The number of hydrogen-bond acceptors (Lipinski definition) is 3. The number of urea groups is 1. The van der Waals surface area contributed by atoms with Crippen molar-refractivity contribution >= 4 is 6.03 Å². The van der Waals surface area contributed by atoms with Crippen LogP contribution < -0.4 is 10.6 Å². The Kier molecular flexibility index (Phi) is 4.11. The number of amides is 2. The van der Waals surface area contributed by atoms with Crippen molar-refractivity contribution in [3.05, 3.63) is 82.9 Å². The van der Waals surface area contributed by atoms with Crippen molar-refractivity contribution in [3.8, 4) is 0 Å². The van der Waals surface area contributed by atoms with Gasteiger partial charge in [0.15, 0.2) is 0 Å². The van der Waals surface area contributed by atoms with Gasteiger partial charge in [0, 0.05) is 18.4 Å². The minimum atomic E-state index is -0.216. The topological polar surface area (TPSA) is 82.7 Å². The lowest BCUT2D eigenvalue weighted by atomic mass is 9.59. The SMILES string of the molecule is CC(NC(=O)NCC1CC2c3ccccc3C1c1ccccc12)c1ncn[nH]1. The fraction of sp³-hybridized carbons (Fsp3) is 0.318. The Hall–Kier alpha value is -3.15. The first kappa shape index (κ1) is 17.0. The lowest BCUT2D eigenvalue weighted by molar-refractivity contribution is 0.232. The van der Waals surface area contributed by atoms with Gasteiger partial charge in [0.25, 0.3) is 0 Å². The van der Waals surface area contributed by atoms with Gasteiger partial charge in [0.2, 0.25) is 0 Å². The molecule has 0 fully saturated rings. The summed E-state index contributed by atoms with van der Waals surface area (Å²) in [6, 6.07) is 17.1. The van der Waals surface area contributed by atoms with Crippen molar-refractivity contribution in [1.29, 1.82) is 0 Å². The summed E-state index contributed by atoms with van der Waals surface area (Å²) in [6.07, 6.45) is 2.51. The minimum Gasteiger partial charge on any atom is -0.338 e. The second kappa shape index (κ2) is 6.78. The third-order valence-electron chi connectivity index (χ3n) is 6.14. The van der Waals surface area contributed by atoms with Crippen LogP contribution in [-0.2, 0) is 0 Å². The number of aromatic amines is 1. The summed E-state index contributed by atoms with van der Waals surface area (Å²) < 4.78 is 0. The highest BCUT2D eigenvalue weighted by Gasteiger charge is 2.42. The monoisotopic (exact) mass is 373 g/mol. The van der Waals surface area contributed by atoms with Crippen molar-refractivity contribution in [3.63, 3.8) is 0 Å². The van der Waals surface area contributed by atoms with Crippen LogP contribution in [0.1, 0.15) is 59.3 Å². The fourth-order valence-electron chi connectivity index (χ4n) is 4.92. The van der Waals surface area contributed by atoms with E-state index in [2.05, 4.69) is 74.3 Å². The Morgan fingerprint density at radius 2 is 1.75 bits per heavy atom. The molecule has 3 N–H and O–H groups in total. The normalized spacial score (nSPS) is 22.8. The van der Waals surface area contributed by atoms with Crippen molar-refractivity contribution in [2.45, 2.75) is 31.2 Å². The summed E-state index contributed by atoms with van der Waals surface area (Å²) in [6.45, 7) is 2.54. The zero-order chi connectivity index (χ0) is 19.1. The molecule has 0 spiro atoms. The fourth-order valence-corrected chi connectivity index (χ4v) is 4.92. The highest BCUT2D eigenvalue weighted by Crippen LogP contribution is 2.55. The second-order valence-electron chi connectivity index (χ2n) is 7.73. The van der Waals surface area contributed by atoms with Crippen LogP contribution in [0.2, 0.25) is 0 Å². The smallest absolute Gasteiger partial charge is 0.315 e. The van der Waals surface area contributed by atoms with Crippen LogP contribution in [0.3, 0.4) is 0 Å². The first-order valence-electron chi connectivity index (χ1n) is 9.79. The van der Waals surface area contributed by atoms with Crippen molar-refractivity contribution in [2.75, 3.05) is 6.54 Å². The maximum atomic E-state index is 12.4. The van der Waals surface area contributed by atoms with Gasteiger partial charge in [-0.05, 0) is 41.5 Å². The summed E-state index contributed by atoms with van der Waals surface area (Å²) in [5.41, 5.74) is 5.73. The summed E-state index contributed by atoms with van der Waals surface area (Å²) in [5.74, 6) is 1.79. The lowest BCUT2D eigenvalue weighted by Gasteiger charge is -2.45. The molecule has 6 nitrogen and oxygen atoms in total. The number of carbonyl (C=O) groups excluding carboxylic acids is 1. The van der Waals surface area contributed by atoms with Gasteiger partial charge in [-0.3, -0.25) is 5.10 Å². The van der Waals surface area contributed by atoms with Crippen molar-refractivity contribution in [2.24, 2.45) is 5.92 Å². The number of nitrogens with zero attached hydrogens (tertiary/aromatic N) is 2. The molecule has 2 amide bonds. The number of H-pyrrole nitrogens is 1. The van der Waals surface area contributed by atoms with E-state index in [1.165, 1.54) is 28.6 Å². The number of carbonyl (C=O) groups is 1. The Morgan fingerprint density at radius 3 is 2.36 bits per heavy atom. The van der Waals surface area contributed by atoms with E-state index in [4.69, 9.17) is 0 Å². The van der Waals surface area contributed by atoms with Gasteiger partial charge in [-0.25, -0.2) is 9.78 Å². The highest BCUT2D eigenvalue weighted by atomic mass is 16.2. The molecule has 0 saturated heterocycles. The number of fused-ring (bicyclic) bond motifs is 1. The molecule has 3 aliphatic carbocycles. The average molecular weight is 373 g/mol. The Morgan fingerprint density at radius 1 is 1.11 bits per heavy atom. The molecule has 0 radical (unpaired) electrons. The highest BCUT2D eigenvalue weighted by molar-refractivity contribution is 5.74. The van der Waals surface area contributed by atoms with Crippen LogP contribution in [0, 0.1) is 5.92 Å². The zero-order valence-electron chi connectivity index (χ0n) is 15.7. The third-order valence-corrected chi connectivity index (χ3v) is 6.14. The van der Waals surface area contributed by atoms with Crippen LogP contribution in [0.4, 0.5) is 4.79 Å². The van der Waals surface area contributed by atoms with E-state index >= 15 is 0 Å². The molecule has 2 aromatic carbocycles. The predicted molar refractivity (Wildman–Crippen MR) is 106 cm³/mol. The summed E-state index contributed by atoms with van der Waals surface area (Å²) in [7, 11) is 0. The quantitative estimate of drug-likeness (QED) is 0.655. The second-order valence-corrected chi connectivity index (χ2v) is 7.73. The number of hydrogen-bond donors (Lipinski definition) is 3. The molecule has 0 saturated carbocycles. The van der Waals surface area contributed by atoms with Crippen LogP contribution in [0.25, 0.3) is 0 Å². The number of aromatic nitrogens is 3. The van der Waals surface area contributed by atoms with Gasteiger partial charge in [0.1, 0.15) is 12.2 Å². The van der Waals surface area contributed by atoms with E-state index in [0.717, 1.165) is 6.42 Å². The summed E-state index contributed by atoms with van der Waals surface area (Å²) in [5, 5.41) is 12.6. The standard InChI is InChI=1S/C22H23N5O/c1-13(21-24-12-25-27-21)26-22(28)23-11-14-10-19-15-6-2-4-8-17(15)20(14)18-9-5-3-7-16(18)19/h2-9,12-14,19-20H,10-11H2,1H3,(H2,23,26,28)(H,24,25,27). The zero-order valence-corrected chi connectivity index (χ0v) is 15.7. The lowest BCUT2D eigenvalue weighted by Crippen LogP contribution is -2.43. The molecule has 6 rings (SSSR count). The van der Waals surface area contributed by atoms with E-state index in [0.29, 0.717) is 30.1 Å². The van der Waals surface area contributed by atoms with Gasteiger partial charge >= 0.3 is 6.03 Å². The number of benzene rings is 2. The number of nitrogens with one attached hydrogen (secondary N) is 3. The molecule has 142 valence electrons. The van der Waals surface area contributed by atoms with Gasteiger partial charge in [-0.15, -0.1) is 0 Å². The molecule has 1 aromatic heterocycles. The predicted octanol–water partition coefficient (Wildman–Crippen LogP) is 3.46. The summed E-state index contributed by atoms with van der Waals surface area (Å²) in [4.78, 5) is 16.5. The molecule has 3 aliphatic rings. The molecule has 3 aromatic rings. The van der Waals surface area contributed by atoms with Crippen LogP contribution in [0.15, 0.2) is 54.9 Å². The van der Waals surface area contributed by atoms with Crippen molar-refractivity contribution in [1.82, 2.24) is 25.8 Å². The molecule has 2 unspecified atom stereocenters. The molecule has 0 aliphatic heterocycles. The van der Waals surface area contributed by atoms with Gasteiger partial charge in [-0.2, -0.15) is 5.10 Å². The molecule has 2 atom stereocenters. The molecule has 6 heteroatoms. The number of rotatable bonds is 4. The maximum absolute atomic E-state index is 12.4. The van der Waals surface area contributed by atoms with Crippen LogP contribution in [-0.4, -0.2) is 27.8 Å². The van der Waals surface area contributed by atoms with Crippen molar-refractivity contribution < 1.29 is 4.79 Å². The van der Waals surface area contributed by atoms with E-state index in [9.17, 15) is 4.79 Å². The first-order valence-corrected chi connectivity index (χ1v) is 9.79. The average Bonchev–Trinajstić information content (AvgIpc) is 3.27. The van der Waals surface area contributed by atoms with E-state index in [-0.39, 0.29) is 12.1 Å². The molecule has 1 heterocycles.